The minimum Gasteiger partial charge on any atom is -0.394 e. The van der Waals surface area contributed by atoms with Crippen molar-refractivity contribution >= 4 is 0 Å². The fraction of sp³-hybridized carbons (Fsp3) is 1.00. The van der Waals surface area contributed by atoms with Crippen LogP contribution in [0.5, 0.6) is 0 Å². The van der Waals surface area contributed by atoms with Crippen LogP contribution < -0.4 is 0 Å². The smallest absolute Gasteiger partial charge is 0.100 e. The van der Waals surface area contributed by atoms with Gasteiger partial charge in [0.1, 0.15) is 6.10 Å². The zero-order valence-corrected chi connectivity index (χ0v) is 18.8. The number of hydrogen-bond donors (Lipinski definition) is 3. The third-order valence-corrected chi connectivity index (χ3v) is 5.47. The number of ether oxygens (including phenoxy) is 1. The molecule has 0 unspecified atom stereocenters. The number of aliphatic hydroxyl groups is 3. The van der Waals surface area contributed by atoms with E-state index in [0.717, 1.165) is 12.8 Å². The van der Waals surface area contributed by atoms with Gasteiger partial charge >= 0.3 is 0 Å². The van der Waals surface area contributed by atoms with Gasteiger partial charge in [-0.1, -0.05) is 116 Å². The third kappa shape index (κ3) is 22.1. The van der Waals surface area contributed by atoms with Crippen LogP contribution in [0.1, 0.15) is 122 Å². The van der Waals surface area contributed by atoms with Gasteiger partial charge < -0.3 is 20.1 Å². The second kappa shape index (κ2) is 23.1. The molecule has 0 aliphatic heterocycles. The molecule has 170 valence electrons. The Balaban J connectivity index is 3.11. The molecular weight excluding hydrogens is 352 g/mol. The molecule has 0 rings (SSSR count). The lowest BCUT2D eigenvalue weighted by molar-refractivity contribution is -0.0262. The van der Waals surface area contributed by atoms with Gasteiger partial charge in [0.15, 0.2) is 0 Å². The predicted molar refractivity (Wildman–Crippen MR) is 119 cm³/mol. The first kappa shape index (κ1) is 27.8. The summed E-state index contributed by atoms with van der Waals surface area (Å²) in [6.45, 7) is 2.32. The van der Waals surface area contributed by atoms with Gasteiger partial charge in [0.05, 0.1) is 25.9 Å². The normalized spacial score (nSPS) is 13.7. The highest BCUT2D eigenvalue weighted by Crippen LogP contribution is 2.14. The molecule has 2 atom stereocenters. The second-order valence-corrected chi connectivity index (χ2v) is 8.47. The Morgan fingerprint density at radius 2 is 0.893 bits per heavy atom. The number of rotatable bonds is 23. The van der Waals surface area contributed by atoms with E-state index in [1.165, 1.54) is 103 Å². The fourth-order valence-electron chi connectivity index (χ4n) is 3.58. The summed E-state index contributed by atoms with van der Waals surface area (Å²) in [5.74, 6) is 0. The standard InChI is InChI=1S/C24H50O4/c1-2-3-4-5-6-7-8-9-10-11-12-13-14-15-16-17-18-19-23(26)21-28-22-24(27)20-25/h23-27H,2-22H2,1H3/t23-,24+/m1/s1. The highest BCUT2D eigenvalue weighted by atomic mass is 16.5. The molecule has 3 N–H and O–H groups in total. The van der Waals surface area contributed by atoms with Crippen molar-refractivity contribution in [2.45, 2.75) is 135 Å². The molecule has 0 aliphatic carbocycles. The first-order valence-electron chi connectivity index (χ1n) is 12.3. The summed E-state index contributed by atoms with van der Waals surface area (Å²) in [6.07, 6.45) is 22.6. The summed E-state index contributed by atoms with van der Waals surface area (Å²) >= 11 is 0. The van der Waals surface area contributed by atoms with Gasteiger partial charge in [-0.15, -0.1) is 0 Å². The van der Waals surface area contributed by atoms with E-state index < -0.39 is 12.2 Å². The third-order valence-electron chi connectivity index (χ3n) is 5.47. The van der Waals surface area contributed by atoms with Crippen LogP contribution in [0, 0.1) is 0 Å². The quantitative estimate of drug-likeness (QED) is 0.190. The Kier molecular flexibility index (Phi) is 23.0. The Hall–Kier alpha value is -0.160. The number of aliphatic hydroxyl groups excluding tert-OH is 3. The highest BCUT2D eigenvalue weighted by Gasteiger charge is 2.06. The van der Waals surface area contributed by atoms with Gasteiger partial charge in [0, 0.05) is 0 Å². The zero-order valence-electron chi connectivity index (χ0n) is 18.8. The average molecular weight is 403 g/mol. The van der Waals surface area contributed by atoms with Crippen LogP contribution >= 0.6 is 0 Å². The predicted octanol–water partition coefficient (Wildman–Crippen LogP) is 5.76. The average Bonchev–Trinajstić information content (AvgIpc) is 2.70. The van der Waals surface area contributed by atoms with E-state index in [-0.39, 0.29) is 19.8 Å². The van der Waals surface area contributed by atoms with E-state index >= 15 is 0 Å². The molecule has 0 radical (unpaired) electrons. The van der Waals surface area contributed by atoms with E-state index in [4.69, 9.17) is 14.9 Å². The summed E-state index contributed by atoms with van der Waals surface area (Å²) in [5.41, 5.74) is 0. The van der Waals surface area contributed by atoms with E-state index in [1.807, 2.05) is 0 Å². The van der Waals surface area contributed by atoms with Crippen LogP contribution in [0.4, 0.5) is 0 Å². The Morgan fingerprint density at radius 3 is 1.29 bits per heavy atom. The van der Waals surface area contributed by atoms with E-state index in [2.05, 4.69) is 6.92 Å². The Bertz CT molecular complexity index is 286. The SMILES string of the molecule is CCCCCCCCCCCCCCCCCCC[C@@H](O)COC[C@@H](O)CO. The summed E-state index contributed by atoms with van der Waals surface area (Å²) in [5, 5.41) is 27.6. The molecule has 0 amide bonds. The van der Waals surface area contributed by atoms with E-state index in [9.17, 15) is 5.11 Å². The molecule has 4 heteroatoms. The topological polar surface area (TPSA) is 69.9 Å². The molecule has 0 saturated heterocycles. The summed E-state index contributed by atoms with van der Waals surface area (Å²) in [6, 6.07) is 0. The maximum Gasteiger partial charge on any atom is 0.100 e. The molecule has 28 heavy (non-hydrogen) atoms. The van der Waals surface area contributed by atoms with Gasteiger partial charge in [0.25, 0.3) is 0 Å². The van der Waals surface area contributed by atoms with Crippen LogP contribution in [0.25, 0.3) is 0 Å². The first-order valence-corrected chi connectivity index (χ1v) is 12.3. The van der Waals surface area contributed by atoms with Gasteiger partial charge in [-0.05, 0) is 6.42 Å². The lowest BCUT2D eigenvalue weighted by Gasteiger charge is -2.13. The molecule has 0 aromatic heterocycles. The van der Waals surface area contributed by atoms with Crippen molar-refractivity contribution < 1.29 is 20.1 Å². The number of unbranched alkanes of at least 4 members (excludes halogenated alkanes) is 16. The van der Waals surface area contributed by atoms with Crippen LogP contribution in [0.15, 0.2) is 0 Å². The van der Waals surface area contributed by atoms with Crippen molar-refractivity contribution in [1.29, 1.82) is 0 Å². The highest BCUT2D eigenvalue weighted by molar-refractivity contribution is 4.57. The van der Waals surface area contributed by atoms with E-state index in [1.54, 1.807) is 0 Å². The molecule has 0 heterocycles. The van der Waals surface area contributed by atoms with E-state index in [0.29, 0.717) is 0 Å². The van der Waals surface area contributed by atoms with Gasteiger partial charge in [-0.3, -0.25) is 0 Å². The van der Waals surface area contributed by atoms with Crippen LogP contribution in [-0.2, 0) is 4.74 Å². The fourth-order valence-corrected chi connectivity index (χ4v) is 3.58. The van der Waals surface area contributed by atoms with Gasteiger partial charge in [-0.2, -0.15) is 0 Å². The van der Waals surface area contributed by atoms with Crippen molar-refractivity contribution in [3.05, 3.63) is 0 Å². The molecule has 0 spiro atoms. The zero-order chi connectivity index (χ0) is 20.7. The molecule has 0 aromatic carbocycles. The van der Waals surface area contributed by atoms with Crippen LogP contribution in [-0.4, -0.2) is 47.3 Å². The Labute approximate surface area is 175 Å². The maximum atomic E-state index is 9.79. The molecule has 0 fully saturated rings. The Morgan fingerprint density at radius 1 is 0.536 bits per heavy atom. The lowest BCUT2D eigenvalue weighted by Crippen LogP contribution is -2.23. The largest absolute Gasteiger partial charge is 0.394 e. The summed E-state index contributed by atoms with van der Waals surface area (Å²) in [7, 11) is 0. The molecule has 0 aliphatic rings. The van der Waals surface area contributed by atoms with Gasteiger partial charge in [-0.25, -0.2) is 0 Å². The minimum absolute atomic E-state index is 0.0899. The van der Waals surface area contributed by atoms with Crippen molar-refractivity contribution in [2.75, 3.05) is 19.8 Å². The molecule has 0 aromatic rings. The van der Waals surface area contributed by atoms with Crippen LogP contribution in [0.3, 0.4) is 0 Å². The van der Waals surface area contributed by atoms with Crippen molar-refractivity contribution in [1.82, 2.24) is 0 Å². The molecular formula is C24H50O4. The second-order valence-electron chi connectivity index (χ2n) is 8.47. The molecule has 0 saturated carbocycles. The van der Waals surface area contributed by atoms with Crippen molar-refractivity contribution in [2.24, 2.45) is 0 Å². The van der Waals surface area contributed by atoms with Gasteiger partial charge in [0.2, 0.25) is 0 Å². The van der Waals surface area contributed by atoms with Crippen molar-refractivity contribution in [3.8, 4) is 0 Å². The number of hydrogen-bond acceptors (Lipinski definition) is 4. The van der Waals surface area contributed by atoms with Crippen LogP contribution in [0.2, 0.25) is 0 Å². The minimum atomic E-state index is -0.840. The summed E-state index contributed by atoms with van der Waals surface area (Å²) < 4.78 is 5.17. The molecule has 0 bridgehead atoms. The lowest BCUT2D eigenvalue weighted by atomic mass is 10.0. The monoisotopic (exact) mass is 402 g/mol. The van der Waals surface area contributed by atoms with Crippen molar-refractivity contribution in [3.63, 3.8) is 0 Å². The molecule has 4 nitrogen and oxygen atoms in total. The first-order chi connectivity index (χ1) is 13.7. The summed E-state index contributed by atoms with van der Waals surface area (Å²) in [4.78, 5) is 0. The maximum absolute atomic E-state index is 9.79.